The number of aliphatic imine (C=N–C) groups is 1. The Morgan fingerprint density at radius 3 is 2.59 bits per heavy atom. The second-order valence-corrected chi connectivity index (χ2v) is 7.50. The largest absolute Gasteiger partial charge is 0.478 e. The molecule has 7 heteroatoms. The van der Waals surface area contributed by atoms with Gasteiger partial charge in [0.2, 0.25) is 5.95 Å². The van der Waals surface area contributed by atoms with Gasteiger partial charge >= 0.3 is 5.97 Å². The molecule has 2 aromatic heterocycles. The van der Waals surface area contributed by atoms with Crippen molar-refractivity contribution in [1.29, 1.82) is 0 Å². The molecule has 156 valence electrons. The molecule has 0 aliphatic carbocycles. The van der Waals surface area contributed by atoms with Gasteiger partial charge in [0, 0.05) is 34.8 Å². The zero-order valence-corrected chi connectivity index (χ0v) is 17.3. The van der Waals surface area contributed by atoms with E-state index < -0.39 is 5.97 Å². The van der Waals surface area contributed by atoms with Crippen LogP contribution in [0.4, 0.5) is 11.6 Å². The second-order valence-electron chi connectivity index (χ2n) is 7.50. The van der Waals surface area contributed by atoms with Crippen molar-refractivity contribution >= 4 is 23.3 Å². The number of nitrogens with one attached hydrogen (secondary N) is 1. The van der Waals surface area contributed by atoms with E-state index in [0.717, 1.165) is 39.4 Å². The molecule has 32 heavy (non-hydrogen) atoms. The van der Waals surface area contributed by atoms with Gasteiger partial charge in [0.1, 0.15) is 0 Å². The number of carboxylic acid groups (broad SMARTS) is 1. The minimum atomic E-state index is -0.964. The highest BCUT2D eigenvalue weighted by Gasteiger charge is 2.21. The highest BCUT2D eigenvalue weighted by molar-refractivity contribution is 6.15. The highest BCUT2D eigenvalue weighted by atomic mass is 16.4. The van der Waals surface area contributed by atoms with Gasteiger partial charge in [0.25, 0.3) is 0 Å². The van der Waals surface area contributed by atoms with Crippen LogP contribution in [-0.2, 0) is 6.54 Å². The lowest BCUT2D eigenvalue weighted by Crippen LogP contribution is -2.07. The molecule has 0 saturated carbocycles. The lowest BCUT2D eigenvalue weighted by Gasteiger charge is -2.13. The van der Waals surface area contributed by atoms with Gasteiger partial charge in [0.05, 0.1) is 29.2 Å². The molecular weight excluding hydrogens is 402 g/mol. The van der Waals surface area contributed by atoms with E-state index in [2.05, 4.69) is 40.4 Å². The van der Waals surface area contributed by atoms with Gasteiger partial charge in [-0.15, -0.1) is 0 Å². The molecular formula is C25H19N5O2. The highest BCUT2D eigenvalue weighted by Crippen LogP contribution is 2.32. The smallest absolute Gasteiger partial charge is 0.335 e. The van der Waals surface area contributed by atoms with E-state index in [-0.39, 0.29) is 5.56 Å². The van der Waals surface area contributed by atoms with Gasteiger partial charge in [-0.2, -0.15) is 0 Å². The Labute approximate surface area is 184 Å². The summed E-state index contributed by atoms with van der Waals surface area (Å²) in [6, 6.07) is 18.5. The van der Waals surface area contributed by atoms with E-state index in [9.17, 15) is 4.79 Å². The van der Waals surface area contributed by atoms with Crippen molar-refractivity contribution in [3.63, 3.8) is 0 Å². The molecule has 0 fully saturated rings. The van der Waals surface area contributed by atoms with E-state index in [0.29, 0.717) is 18.2 Å². The number of carbonyl (C=O) groups is 1. The number of anilines is 2. The number of benzene rings is 2. The van der Waals surface area contributed by atoms with Crippen molar-refractivity contribution < 1.29 is 9.90 Å². The standard InChI is InChI=1S/C25H19N5O2/c1-15-5-10-19-20(12-15)23(21-4-2-3-11-26-21)27-13-17-14-28-25(30-22(17)19)29-18-8-6-16(7-9-18)24(31)32/h2-12,14H,13H2,1H3,(H,31,32)(H,28,29,30). The van der Waals surface area contributed by atoms with E-state index in [1.165, 1.54) is 0 Å². The Morgan fingerprint density at radius 2 is 1.84 bits per heavy atom. The first-order chi connectivity index (χ1) is 15.6. The Balaban J connectivity index is 1.56. The first-order valence-corrected chi connectivity index (χ1v) is 10.1. The summed E-state index contributed by atoms with van der Waals surface area (Å²) in [5.41, 5.74) is 7.40. The number of rotatable bonds is 4. The van der Waals surface area contributed by atoms with Crippen molar-refractivity contribution in [1.82, 2.24) is 15.0 Å². The fourth-order valence-corrected chi connectivity index (χ4v) is 3.67. The first-order valence-electron chi connectivity index (χ1n) is 10.1. The molecule has 0 amide bonds. The Bertz CT molecular complexity index is 1350. The lowest BCUT2D eigenvalue weighted by molar-refractivity contribution is 0.0697. The number of hydrogen-bond donors (Lipinski definition) is 2. The van der Waals surface area contributed by atoms with Crippen LogP contribution in [0.25, 0.3) is 11.3 Å². The van der Waals surface area contributed by atoms with E-state index >= 15 is 0 Å². The summed E-state index contributed by atoms with van der Waals surface area (Å²) in [6.07, 6.45) is 3.55. The number of pyridine rings is 1. The summed E-state index contributed by atoms with van der Waals surface area (Å²) in [7, 11) is 0. The molecule has 0 bridgehead atoms. The molecule has 2 N–H and O–H groups in total. The molecule has 0 unspecified atom stereocenters. The van der Waals surface area contributed by atoms with E-state index in [4.69, 9.17) is 15.1 Å². The lowest BCUT2D eigenvalue weighted by atomic mass is 9.95. The third-order valence-electron chi connectivity index (χ3n) is 5.25. The Hall–Kier alpha value is -4.39. The molecule has 2 aromatic carbocycles. The molecule has 0 radical (unpaired) electrons. The van der Waals surface area contributed by atoms with Gasteiger partial charge < -0.3 is 10.4 Å². The van der Waals surface area contributed by atoms with Crippen LogP contribution in [0, 0.1) is 6.92 Å². The molecule has 4 aromatic rings. The van der Waals surface area contributed by atoms with Crippen molar-refractivity contribution in [2.75, 3.05) is 5.32 Å². The summed E-state index contributed by atoms with van der Waals surface area (Å²) < 4.78 is 0. The summed E-state index contributed by atoms with van der Waals surface area (Å²) in [5.74, 6) is -0.534. The van der Waals surface area contributed by atoms with Crippen molar-refractivity contribution in [2.24, 2.45) is 4.99 Å². The average Bonchev–Trinajstić information content (AvgIpc) is 2.96. The molecule has 0 atom stereocenters. The number of aryl methyl sites for hydroxylation is 1. The SMILES string of the molecule is Cc1ccc2c(c1)C(c1ccccn1)=NCc1cnc(Nc3ccc(C(=O)O)cc3)nc1-2. The zero-order valence-electron chi connectivity index (χ0n) is 17.3. The summed E-state index contributed by atoms with van der Waals surface area (Å²) in [5, 5.41) is 12.2. The normalized spacial score (nSPS) is 12.2. The monoisotopic (exact) mass is 421 g/mol. The number of carboxylic acids is 1. The summed E-state index contributed by atoms with van der Waals surface area (Å²) in [4.78, 5) is 29.7. The summed E-state index contributed by atoms with van der Waals surface area (Å²) >= 11 is 0. The van der Waals surface area contributed by atoms with Crippen LogP contribution in [0.15, 0.2) is 78.0 Å². The average molecular weight is 421 g/mol. The van der Waals surface area contributed by atoms with Gasteiger partial charge in [-0.1, -0.05) is 23.8 Å². The maximum atomic E-state index is 11.1. The van der Waals surface area contributed by atoms with Gasteiger partial charge in [-0.05, 0) is 49.4 Å². The quantitative estimate of drug-likeness (QED) is 0.498. The number of nitrogens with zero attached hydrogens (tertiary/aromatic N) is 4. The third-order valence-corrected chi connectivity index (χ3v) is 5.25. The van der Waals surface area contributed by atoms with Crippen molar-refractivity contribution in [3.8, 4) is 11.3 Å². The van der Waals surface area contributed by atoms with Crippen LogP contribution in [0.3, 0.4) is 0 Å². The van der Waals surface area contributed by atoms with Gasteiger partial charge in [-0.3, -0.25) is 9.98 Å². The molecule has 0 spiro atoms. The minimum absolute atomic E-state index is 0.224. The Kier molecular flexibility index (Phi) is 4.91. The number of aromatic nitrogens is 3. The molecule has 1 aliphatic heterocycles. The topological polar surface area (TPSA) is 100 Å². The minimum Gasteiger partial charge on any atom is -0.478 e. The van der Waals surface area contributed by atoms with E-state index in [1.807, 2.05) is 18.2 Å². The fraction of sp³-hybridized carbons (Fsp3) is 0.0800. The van der Waals surface area contributed by atoms with Crippen molar-refractivity contribution in [3.05, 3.63) is 101 Å². The van der Waals surface area contributed by atoms with Crippen molar-refractivity contribution in [2.45, 2.75) is 13.5 Å². The van der Waals surface area contributed by atoms with Crippen LogP contribution >= 0.6 is 0 Å². The predicted octanol–water partition coefficient (Wildman–Crippen LogP) is 4.64. The zero-order chi connectivity index (χ0) is 22.1. The Morgan fingerprint density at radius 1 is 1.00 bits per heavy atom. The molecule has 5 rings (SSSR count). The summed E-state index contributed by atoms with van der Waals surface area (Å²) in [6.45, 7) is 2.50. The maximum Gasteiger partial charge on any atom is 0.335 e. The van der Waals surface area contributed by atoms with Gasteiger partial charge in [-0.25, -0.2) is 14.8 Å². The first kappa shape index (κ1) is 19.6. The van der Waals surface area contributed by atoms with E-state index in [1.54, 1.807) is 36.7 Å². The van der Waals surface area contributed by atoms with Crippen LogP contribution in [0.5, 0.6) is 0 Å². The molecule has 7 nitrogen and oxygen atoms in total. The predicted molar refractivity (Wildman–Crippen MR) is 122 cm³/mol. The number of hydrogen-bond acceptors (Lipinski definition) is 6. The fourth-order valence-electron chi connectivity index (χ4n) is 3.67. The third kappa shape index (κ3) is 3.72. The van der Waals surface area contributed by atoms with Crippen LogP contribution in [0.1, 0.15) is 32.7 Å². The van der Waals surface area contributed by atoms with Crippen LogP contribution < -0.4 is 5.32 Å². The molecule has 3 heterocycles. The molecule has 0 saturated heterocycles. The van der Waals surface area contributed by atoms with Gasteiger partial charge in [0.15, 0.2) is 0 Å². The molecule has 1 aliphatic rings. The number of aromatic carboxylic acids is 1. The number of fused-ring (bicyclic) bond motifs is 3. The van der Waals surface area contributed by atoms with Crippen LogP contribution in [-0.4, -0.2) is 31.7 Å². The van der Waals surface area contributed by atoms with Crippen LogP contribution in [0.2, 0.25) is 0 Å². The second kappa shape index (κ2) is 8.03. The maximum absolute atomic E-state index is 11.1.